The standard InChI is InChI=1S/C26H24F4N2O4S/c1-16(2)37(34,35)19-6-3-17(4-7-19)24(33)31-13-11-25(12-14-31)22-9-10-23(26(28,29)30)32(22)20-8-5-18(27)15-21(20)36-25/h3-10,15-16H,11-14H2,1-2H3. The number of nitrogens with zero attached hydrogens (tertiary/aromatic N) is 2. The maximum absolute atomic E-state index is 14.0. The Bertz CT molecular complexity index is 1470. The number of amides is 1. The Balaban J connectivity index is 1.42. The highest BCUT2D eigenvalue weighted by Gasteiger charge is 2.48. The summed E-state index contributed by atoms with van der Waals surface area (Å²) in [5.41, 5.74) is -1.34. The van der Waals surface area contributed by atoms with Crippen LogP contribution in [0.3, 0.4) is 0 Å². The van der Waals surface area contributed by atoms with Gasteiger partial charge in [-0.15, -0.1) is 0 Å². The largest absolute Gasteiger partial charge is 0.479 e. The van der Waals surface area contributed by atoms with Crippen LogP contribution in [0.2, 0.25) is 0 Å². The van der Waals surface area contributed by atoms with E-state index in [1.807, 2.05) is 0 Å². The summed E-state index contributed by atoms with van der Waals surface area (Å²) in [6.45, 7) is 3.52. The summed E-state index contributed by atoms with van der Waals surface area (Å²) in [4.78, 5) is 14.8. The Labute approximate surface area is 211 Å². The SMILES string of the molecule is CC(C)S(=O)(=O)c1ccc(C(=O)N2CCC3(CC2)Oc2cc(F)ccc2-n2c(C(F)(F)F)ccc23)cc1. The van der Waals surface area contributed by atoms with Crippen LogP contribution < -0.4 is 4.74 Å². The first kappa shape index (κ1) is 25.3. The normalized spacial score (nSPS) is 16.9. The first-order valence-corrected chi connectivity index (χ1v) is 13.3. The van der Waals surface area contributed by atoms with Gasteiger partial charge < -0.3 is 14.2 Å². The number of likely N-dealkylation sites (tertiary alicyclic amines) is 1. The fourth-order valence-corrected chi connectivity index (χ4v) is 6.02. The van der Waals surface area contributed by atoms with E-state index in [0.29, 0.717) is 11.3 Å². The predicted molar refractivity (Wildman–Crippen MR) is 127 cm³/mol. The molecule has 11 heteroatoms. The molecule has 37 heavy (non-hydrogen) atoms. The summed E-state index contributed by atoms with van der Waals surface area (Å²) in [6.07, 6.45) is -4.25. The summed E-state index contributed by atoms with van der Waals surface area (Å²) >= 11 is 0. The number of halogens is 4. The molecule has 0 aliphatic carbocycles. The summed E-state index contributed by atoms with van der Waals surface area (Å²) < 4.78 is 87.4. The van der Waals surface area contributed by atoms with Gasteiger partial charge in [0, 0.05) is 37.6 Å². The van der Waals surface area contributed by atoms with Crippen molar-refractivity contribution in [1.82, 2.24) is 9.47 Å². The van der Waals surface area contributed by atoms with Crippen molar-refractivity contribution in [2.24, 2.45) is 0 Å². The Morgan fingerprint density at radius 1 is 1.00 bits per heavy atom. The third-order valence-corrected chi connectivity index (χ3v) is 9.19. The van der Waals surface area contributed by atoms with Gasteiger partial charge in [-0.2, -0.15) is 13.2 Å². The van der Waals surface area contributed by atoms with E-state index in [2.05, 4.69) is 0 Å². The summed E-state index contributed by atoms with van der Waals surface area (Å²) in [6, 6.07) is 11.5. The molecule has 0 bridgehead atoms. The number of piperidine rings is 1. The zero-order valence-electron chi connectivity index (χ0n) is 20.0. The van der Waals surface area contributed by atoms with Crippen molar-refractivity contribution in [3.05, 3.63) is 77.4 Å². The molecule has 1 amide bonds. The van der Waals surface area contributed by atoms with Crippen molar-refractivity contribution in [1.29, 1.82) is 0 Å². The fraction of sp³-hybridized carbons (Fsp3) is 0.346. The van der Waals surface area contributed by atoms with Crippen LogP contribution in [0, 0.1) is 5.82 Å². The minimum absolute atomic E-state index is 0.0101. The Kier molecular flexibility index (Phi) is 5.89. The zero-order chi connectivity index (χ0) is 26.8. The maximum Gasteiger partial charge on any atom is 0.431 e. The lowest BCUT2D eigenvalue weighted by atomic mass is 9.86. The smallest absolute Gasteiger partial charge is 0.431 e. The van der Waals surface area contributed by atoms with Crippen LogP contribution in [0.25, 0.3) is 5.69 Å². The van der Waals surface area contributed by atoms with Crippen molar-refractivity contribution in [3.63, 3.8) is 0 Å². The van der Waals surface area contributed by atoms with Gasteiger partial charge in [-0.05, 0) is 62.4 Å². The first-order chi connectivity index (χ1) is 17.3. The van der Waals surface area contributed by atoms with Crippen LogP contribution in [-0.2, 0) is 21.6 Å². The molecule has 2 aromatic carbocycles. The lowest BCUT2D eigenvalue weighted by Crippen LogP contribution is -2.50. The molecule has 3 heterocycles. The van der Waals surface area contributed by atoms with E-state index >= 15 is 0 Å². The average Bonchev–Trinajstić information content (AvgIpc) is 3.31. The number of hydrogen-bond donors (Lipinski definition) is 0. The number of sulfone groups is 1. The number of hydrogen-bond acceptors (Lipinski definition) is 4. The number of rotatable bonds is 3. The van der Waals surface area contributed by atoms with Gasteiger partial charge in [-0.25, -0.2) is 12.8 Å². The molecule has 1 saturated heterocycles. The van der Waals surface area contributed by atoms with Crippen LogP contribution in [0.1, 0.15) is 48.4 Å². The van der Waals surface area contributed by atoms with Crippen molar-refractivity contribution in [3.8, 4) is 11.4 Å². The van der Waals surface area contributed by atoms with Gasteiger partial charge in [0.1, 0.15) is 17.3 Å². The molecule has 0 N–H and O–H groups in total. The molecule has 6 nitrogen and oxygen atoms in total. The lowest BCUT2D eigenvalue weighted by Gasteiger charge is -2.45. The molecule has 0 unspecified atom stereocenters. The molecule has 5 rings (SSSR count). The third-order valence-electron chi connectivity index (χ3n) is 7.01. The van der Waals surface area contributed by atoms with Crippen LogP contribution in [-0.4, -0.2) is 42.1 Å². The number of carbonyl (C=O) groups excluding carboxylic acids is 1. The second-order valence-electron chi connectivity index (χ2n) is 9.56. The van der Waals surface area contributed by atoms with Crippen LogP contribution in [0.5, 0.6) is 5.75 Å². The van der Waals surface area contributed by atoms with E-state index in [0.717, 1.165) is 22.8 Å². The Hall–Kier alpha value is -3.34. The Morgan fingerprint density at radius 2 is 1.65 bits per heavy atom. The number of aromatic nitrogens is 1. The minimum Gasteiger partial charge on any atom is -0.479 e. The number of alkyl halides is 3. The maximum atomic E-state index is 14.0. The van der Waals surface area contributed by atoms with Crippen LogP contribution in [0.4, 0.5) is 17.6 Å². The van der Waals surface area contributed by atoms with Gasteiger partial charge in [-0.3, -0.25) is 4.79 Å². The highest BCUT2D eigenvalue weighted by molar-refractivity contribution is 7.92. The van der Waals surface area contributed by atoms with Gasteiger partial charge in [-0.1, -0.05) is 0 Å². The number of benzene rings is 2. The average molecular weight is 537 g/mol. The molecule has 1 aromatic heterocycles. The second-order valence-corrected chi connectivity index (χ2v) is 12.1. The highest BCUT2D eigenvalue weighted by atomic mass is 32.2. The van der Waals surface area contributed by atoms with Crippen LogP contribution in [0.15, 0.2) is 59.5 Å². The minimum atomic E-state index is -4.63. The first-order valence-electron chi connectivity index (χ1n) is 11.8. The molecule has 1 spiro atoms. The van der Waals surface area contributed by atoms with E-state index in [1.54, 1.807) is 18.7 Å². The van der Waals surface area contributed by atoms with Crippen molar-refractivity contribution < 1.29 is 35.5 Å². The molecule has 1 fully saturated rings. The Morgan fingerprint density at radius 3 is 2.24 bits per heavy atom. The number of fused-ring (bicyclic) bond motifs is 4. The van der Waals surface area contributed by atoms with Gasteiger partial charge in [0.05, 0.1) is 21.5 Å². The highest BCUT2D eigenvalue weighted by Crippen LogP contribution is 2.48. The molecule has 0 radical (unpaired) electrons. The van der Waals surface area contributed by atoms with Gasteiger partial charge >= 0.3 is 6.18 Å². The summed E-state index contributed by atoms with van der Waals surface area (Å²) in [5, 5.41) is -0.599. The zero-order valence-corrected chi connectivity index (χ0v) is 20.9. The van der Waals surface area contributed by atoms with Gasteiger partial charge in [0.15, 0.2) is 15.4 Å². The third kappa shape index (κ3) is 4.18. The number of carbonyl (C=O) groups is 1. The molecule has 2 aliphatic heterocycles. The monoisotopic (exact) mass is 536 g/mol. The molecular weight excluding hydrogens is 512 g/mol. The van der Waals surface area contributed by atoms with Crippen LogP contribution >= 0.6 is 0 Å². The number of ether oxygens (including phenoxy) is 1. The molecule has 2 aliphatic rings. The molecular formula is C26H24F4N2O4S. The van der Waals surface area contributed by atoms with Gasteiger partial charge in [0.2, 0.25) is 0 Å². The predicted octanol–water partition coefficient (Wildman–Crippen LogP) is 5.34. The summed E-state index contributed by atoms with van der Waals surface area (Å²) in [5.74, 6) is -0.943. The fourth-order valence-electron chi connectivity index (χ4n) is 4.96. The molecule has 196 valence electrons. The van der Waals surface area contributed by atoms with E-state index < -0.39 is 38.4 Å². The summed E-state index contributed by atoms with van der Waals surface area (Å²) in [7, 11) is -3.48. The van der Waals surface area contributed by atoms with E-state index in [4.69, 9.17) is 4.74 Å². The van der Waals surface area contributed by atoms with Crippen molar-refractivity contribution >= 4 is 15.7 Å². The molecule has 0 saturated carbocycles. The lowest BCUT2D eigenvalue weighted by molar-refractivity contribution is -0.143. The second kappa shape index (κ2) is 8.61. The van der Waals surface area contributed by atoms with E-state index in [9.17, 15) is 30.8 Å². The van der Waals surface area contributed by atoms with Gasteiger partial charge in [0.25, 0.3) is 5.91 Å². The van der Waals surface area contributed by atoms with E-state index in [-0.39, 0.29) is 48.2 Å². The topological polar surface area (TPSA) is 68.6 Å². The van der Waals surface area contributed by atoms with E-state index in [1.165, 1.54) is 36.4 Å². The molecule has 0 atom stereocenters. The molecule has 3 aromatic rings. The van der Waals surface area contributed by atoms with Crippen molar-refractivity contribution in [2.75, 3.05) is 13.1 Å². The quantitative estimate of drug-likeness (QED) is 0.424. The van der Waals surface area contributed by atoms with Crippen molar-refractivity contribution in [2.45, 2.75) is 48.6 Å².